The van der Waals surface area contributed by atoms with Crippen LogP contribution in [0.25, 0.3) is 0 Å². The first-order chi connectivity index (χ1) is 4.33. The van der Waals surface area contributed by atoms with Crippen LogP contribution in [-0.2, 0) is 4.65 Å². The lowest BCUT2D eigenvalue weighted by Crippen LogP contribution is -2.12. The van der Waals surface area contributed by atoms with Crippen LogP contribution in [0.1, 0.15) is 20.3 Å². The van der Waals surface area contributed by atoms with Gasteiger partial charge in [0.1, 0.15) is 0 Å². The van der Waals surface area contributed by atoms with Gasteiger partial charge in [0.05, 0.1) is 0 Å². The topological polar surface area (TPSA) is 9.23 Å². The highest BCUT2D eigenvalue weighted by molar-refractivity contribution is 6.52. The molecule has 1 atom stereocenters. The zero-order valence-corrected chi connectivity index (χ0v) is 6.39. The standard InChI is InChI=1S/C7H15BO/c1-3-9-8-5-4-7(2)6-8/h7H,3-6H2,1-2H3. The summed E-state index contributed by atoms with van der Waals surface area (Å²) in [5.41, 5.74) is 0. The maximum Gasteiger partial charge on any atom is 0.293 e. The van der Waals surface area contributed by atoms with Crippen molar-refractivity contribution in [2.75, 3.05) is 6.61 Å². The van der Waals surface area contributed by atoms with Gasteiger partial charge in [0.2, 0.25) is 0 Å². The van der Waals surface area contributed by atoms with Gasteiger partial charge in [-0.1, -0.05) is 13.3 Å². The Morgan fingerprint density at radius 3 is 2.89 bits per heavy atom. The fourth-order valence-corrected chi connectivity index (χ4v) is 1.54. The summed E-state index contributed by atoms with van der Waals surface area (Å²) >= 11 is 0. The molecule has 0 aromatic heterocycles. The molecule has 0 saturated carbocycles. The van der Waals surface area contributed by atoms with Gasteiger partial charge < -0.3 is 4.65 Å². The van der Waals surface area contributed by atoms with Gasteiger partial charge in [0.15, 0.2) is 0 Å². The van der Waals surface area contributed by atoms with E-state index in [0.717, 1.165) is 12.5 Å². The SMILES string of the molecule is CCOB1CCC(C)C1. The summed E-state index contributed by atoms with van der Waals surface area (Å²) in [6.07, 6.45) is 3.94. The van der Waals surface area contributed by atoms with Crippen LogP contribution < -0.4 is 0 Å². The first kappa shape index (κ1) is 7.14. The van der Waals surface area contributed by atoms with Gasteiger partial charge in [-0.25, -0.2) is 0 Å². The molecule has 0 aromatic rings. The first-order valence-corrected chi connectivity index (χ1v) is 3.94. The predicted molar refractivity (Wildman–Crippen MR) is 40.8 cm³/mol. The van der Waals surface area contributed by atoms with Crippen molar-refractivity contribution in [2.24, 2.45) is 5.92 Å². The molecule has 9 heavy (non-hydrogen) atoms. The highest BCUT2D eigenvalue weighted by Crippen LogP contribution is 2.26. The first-order valence-electron chi connectivity index (χ1n) is 3.94. The van der Waals surface area contributed by atoms with E-state index in [0.29, 0.717) is 6.92 Å². The minimum Gasteiger partial charge on any atom is -0.436 e. The van der Waals surface area contributed by atoms with Gasteiger partial charge >= 0.3 is 0 Å². The molecule has 1 heterocycles. The predicted octanol–water partition coefficient (Wildman–Crippen LogP) is 2.05. The van der Waals surface area contributed by atoms with Crippen LogP contribution in [0, 0.1) is 5.92 Å². The molecule has 1 unspecified atom stereocenters. The van der Waals surface area contributed by atoms with Crippen molar-refractivity contribution in [3.63, 3.8) is 0 Å². The van der Waals surface area contributed by atoms with E-state index in [1.165, 1.54) is 19.1 Å². The van der Waals surface area contributed by atoms with Crippen LogP contribution >= 0.6 is 0 Å². The van der Waals surface area contributed by atoms with Crippen LogP contribution in [-0.4, -0.2) is 13.5 Å². The largest absolute Gasteiger partial charge is 0.436 e. The van der Waals surface area contributed by atoms with Crippen molar-refractivity contribution in [3.8, 4) is 0 Å². The van der Waals surface area contributed by atoms with Gasteiger partial charge in [-0.05, 0) is 25.5 Å². The Hall–Kier alpha value is 0.0249. The van der Waals surface area contributed by atoms with Crippen molar-refractivity contribution < 1.29 is 4.65 Å². The maximum absolute atomic E-state index is 5.47. The van der Waals surface area contributed by atoms with Crippen LogP contribution in [0.2, 0.25) is 12.6 Å². The minimum atomic E-state index is 0.588. The zero-order valence-electron chi connectivity index (χ0n) is 6.39. The van der Waals surface area contributed by atoms with Crippen molar-refractivity contribution in [3.05, 3.63) is 0 Å². The summed E-state index contributed by atoms with van der Waals surface area (Å²) in [5, 5.41) is 0. The molecule has 1 aliphatic heterocycles. The Labute approximate surface area is 57.9 Å². The van der Waals surface area contributed by atoms with Crippen LogP contribution in [0.3, 0.4) is 0 Å². The third kappa shape index (κ3) is 2.01. The second kappa shape index (κ2) is 3.26. The average molecular weight is 126 g/mol. The minimum absolute atomic E-state index is 0.588. The monoisotopic (exact) mass is 126 g/mol. The van der Waals surface area contributed by atoms with Crippen LogP contribution in [0.5, 0.6) is 0 Å². The van der Waals surface area contributed by atoms with E-state index < -0.39 is 0 Å². The molecule has 1 fully saturated rings. The number of hydrogen-bond acceptors (Lipinski definition) is 1. The quantitative estimate of drug-likeness (QED) is 0.514. The normalized spacial score (nSPS) is 27.3. The van der Waals surface area contributed by atoms with E-state index in [9.17, 15) is 0 Å². The van der Waals surface area contributed by atoms with E-state index in [-0.39, 0.29) is 0 Å². The summed E-state index contributed by atoms with van der Waals surface area (Å²) in [6, 6.07) is 0. The van der Waals surface area contributed by atoms with Gasteiger partial charge in [0.25, 0.3) is 6.92 Å². The summed E-state index contributed by atoms with van der Waals surface area (Å²) in [7, 11) is 0. The van der Waals surface area contributed by atoms with E-state index in [4.69, 9.17) is 4.65 Å². The molecular weight excluding hydrogens is 111 g/mol. The van der Waals surface area contributed by atoms with Crippen molar-refractivity contribution >= 4 is 6.92 Å². The van der Waals surface area contributed by atoms with Gasteiger partial charge in [-0.15, -0.1) is 0 Å². The van der Waals surface area contributed by atoms with E-state index in [2.05, 4.69) is 13.8 Å². The highest BCUT2D eigenvalue weighted by Gasteiger charge is 2.25. The fraction of sp³-hybridized carbons (Fsp3) is 1.00. The van der Waals surface area contributed by atoms with Crippen LogP contribution in [0.4, 0.5) is 0 Å². The molecule has 1 saturated heterocycles. The molecule has 0 N–H and O–H groups in total. The summed E-state index contributed by atoms with van der Waals surface area (Å²) in [5.74, 6) is 0.904. The molecule has 1 nitrogen and oxygen atoms in total. The molecule has 52 valence electrons. The zero-order chi connectivity index (χ0) is 6.69. The molecule has 0 radical (unpaired) electrons. The Kier molecular flexibility index (Phi) is 2.58. The highest BCUT2D eigenvalue weighted by atomic mass is 16.4. The second-order valence-corrected chi connectivity index (χ2v) is 3.00. The fourth-order valence-electron chi connectivity index (χ4n) is 1.54. The maximum atomic E-state index is 5.47. The molecule has 0 aromatic carbocycles. The lowest BCUT2D eigenvalue weighted by Gasteiger charge is -2.03. The van der Waals surface area contributed by atoms with Gasteiger partial charge in [0, 0.05) is 6.61 Å². The Morgan fingerprint density at radius 1 is 1.67 bits per heavy atom. The van der Waals surface area contributed by atoms with Crippen molar-refractivity contribution in [2.45, 2.75) is 32.9 Å². The Balaban J connectivity index is 2.14. The van der Waals surface area contributed by atoms with Crippen molar-refractivity contribution in [1.29, 1.82) is 0 Å². The van der Waals surface area contributed by atoms with Gasteiger partial charge in [-0.2, -0.15) is 0 Å². The summed E-state index contributed by atoms with van der Waals surface area (Å²) < 4.78 is 5.47. The molecule has 1 aliphatic rings. The number of rotatable bonds is 2. The van der Waals surface area contributed by atoms with E-state index in [1.807, 2.05) is 0 Å². The second-order valence-electron chi connectivity index (χ2n) is 3.00. The Bertz CT molecular complexity index is 83.0. The molecule has 1 rings (SSSR count). The molecule has 0 aliphatic carbocycles. The summed E-state index contributed by atoms with van der Waals surface area (Å²) in [4.78, 5) is 0. The van der Waals surface area contributed by atoms with Crippen LogP contribution in [0.15, 0.2) is 0 Å². The summed E-state index contributed by atoms with van der Waals surface area (Å²) in [6.45, 7) is 5.85. The molecular formula is C7H15BO. The van der Waals surface area contributed by atoms with E-state index in [1.54, 1.807) is 0 Å². The molecule has 0 spiro atoms. The average Bonchev–Trinajstić information content (AvgIpc) is 2.17. The molecule has 2 heteroatoms. The Morgan fingerprint density at radius 2 is 2.44 bits per heavy atom. The lowest BCUT2D eigenvalue weighted by molar-refractivity contribution is 0.345. The smallest absolute Gasteiger partial charge is 0.293 e. The molecule has 0 amide bonds. The number of hydrogen-bond donors (Lipinski definition) is 0. The molecule has 0 bridgehead atoms. The third-order valence-corrected chi connectivity index (χ3v) is 2.05. The van der Waals surface area contributed by atoms with E-state index >= 15 is 0 Å². The third-order valence-electron chi connectivity index (χ3n) is 2.05. The van der Waals surface area contributed by atoms with Gasteiger partial charge in [-0.3, -0.25) is 0 Å². The van der Waals surface area contributed by atoms with Crippen molar-refractivity contribution in [1.82, 2.24) is 0 Å². The lowest BCUT2D eigenvalue weighted by atomic mass is 9.66.